The zero-order valence-corrected chi connectivity index (χ0v) is 17.9. The van der Waals surface area contributed by atoms with Crippen LogP contribution in [0.4, 0.5) is 5.69 Å². The fourth-order valence-electron chi connectivity index (χ4n) is 4.32. The Balaban J connectivity index is 1.38. The van der Waals surface area contributed by atoms with Crippen molar-refractivity contribution in [1.29, 1.82) is 0 Å². The van der Waals surface area contributed by atoms with Crippen LogP contribution in [0.25, 0.3) is 11.0 Å². The van der Waals surface area contributed by atoms with E-state index >= 15 is 0 Å². The summed E-state index contributed by atoms with van der Waals surface area (Å²) < 4.78 is 0. The van der Waals surface area contributed by atoms with Crippen molar-refractivity contribution in [3.05, 3.63) is 58.4 Å². The first-order valence-corrected chi connectivity index (χ1v) is 10.7. The molecule has 0 spiro atoms. The Hall–Kier alpha value is -2.37. The number of aromatic amines is 1. The number of likely N-dealkylation sites (tertiary alicyclic amines) is 1. The number of carbonyl (C=O) groups excluding carboxylic acids is 1. The van der Waals surface area contributed by atoms with Crippen LogP contribution in [0.2, 0.25) is 5.02 Å². The van der Waals surface area contributed by atoms with Crippen LogP contribution >= 0.6 is 11.6 Å². The maximum absolute atomic E-state index is 12.9. The molecule has 0 saturated carbocycles. The molecule has 0 unspecified atom stereocenters. The Labute approximate surface area is 176 Å². The molecule has 1 aliphatic rings. The van der Waals surface area contributed by atoms with Gasteiger partial charge in [0.05, 0.1) is 24.1 Å². The molecule has 0 aliphatic carbocycles. The molecule has 3 N–H and O–H groups in total. The number of imidazole rings is 1. The van der Waals surface area contributed by atoms with Crippen LogP contribution in [0.15, 0.2) is 36.4 Å². The third-order valence-corrected chi connectivity index (χ3v) is 6.45. The number of fused-ring (bicyclic) bond motifs is 1. The first-order chi connectivity index (χ1) is 13.9. The molecule has 152 valence electrons. The summed E-state index contributed by atoms with van der Waals surface area (Å²) in [6.45, 7) is 8.02. The van der Waals surface area contributed by atoms with Crippen molar-refractivity contribution in [2.45, 2.75) is 45.6 Å². The average Bonchev–Trinajstić information content (AvgIpc) is 3.13. The van der Waals surface area contributed by atoms with Gasteiger partial charge in [-0.2, -0.15) is 0 Å². The minimum atomic E-state index is -0.0792. The van der Waals surface area contributed by atoms with Gasteiger partial charge in [-0.3, -0.25) is 4.79 Å². The standard InChI is InChI=1S/C23H27ClN4O/c1-14-5-4-6-15(2)21(14)27-23(29)16(3)28-11-9-17(10-12-28)22-25-19-8-7-18(24)13-20(19)26-22/h4-8,13,16-17H,9-12H2,1-3H3,(H,25,26)(H,27,29)/p+1/t16-/m1/s1. The van der Waals surface area contributed by atoms with Gasteiger partial charge in [-0.05, 0) is 50.1 Å². The Kier molecular flexibility index (Phi) is 5.61. The average molecular weight is 412 g/mol. The predicted octanol–water partition coefficient (Wildman–Crippen LogP) is 3.62. The minimum Gasteiger partial charge on any atom is -0.342 e. The van der Waals surface area contributed by atoms with Crippen LogP contribution in [-0.4, -0.2) is 35.0 Å². The number of H-pyrrole nitrogens is 1. The summed E-state index contributed by atoms with van der Waals surface area (Å²) in [6, 6.07) is 11.8. The number of piperidine rings is 1. The molecule has 2 heterocycles. The molecule has 3 aromatic rings. The Bertz CT molecular complexity index is 1020. The van der Waals surface area contributed by atoms with Gasteiger partial charge >= 0.3 is 0 Å². The first-order valence-electron chi connectivity index (χ1n) is 10.3. The topological polar surface area (TPSA) is 62.2 Å². The zero-order valence-electron chi connectivity index (χ0n) is 17.2. The molecule has 1 saturated heterocycles. The molecule has 4 rings (SSSR count). The number of aromatic nitrogens is 2. The Morgan fingerprint density at radius 1 is 1.21 bits per heavy atom. The third-order valence-electron chi connectivity index (χ3n) is 6.21. The number of hydrogen-bond donors (Lipinski definition) is 3. The van der Waals surface area contributed by atoms with Gasteiger partial charge in [0, 0.05) is 29.5 Å². The van der Waals surface area contributed by atoms with Gasteiger partial charge in [0.25, 0.3) is 5.91 Å². The first kappa shape index (κ1) is 19.9. The van der Waals surface area contributed by atoms with E-state index in [1.54, 1.807) is 0 Å². The van der Waals surface area contributed by atoms with E-state index in [1.165, 1.54) is 4.90 Å². The van der Waals surface area contributed by atoms with E-state index in [9.17, 15) is 4.79 Å². The van der Waals surface area contributed by atoms with E-state index in [1.807, 2.05) is 57.2 Å². The molecule has 2 aromatic carbocycles. The summed E-state index contributed by atoms with van der Waals surface area (Å²) in [4.78, 5) is 22.4. The van der Waals surface area contributed by atoms with Crippen molar-refractivity contribution in [3.63, 3.8) is 0 Å². The maximum Gasteiger partial charge on any atom is 0.282 e. The number of nitrogens with one attached hydrogen (secondary N) is 3. The number of anilines is 1. The summed E-state index contributed by atoms with van der Waals surface area (Å²) in [5, 5.41) is 3.87. The Morgan fingerprint density at radius 3 is 2.59 bits per heavy atom. The fourth-order valence-corrected chi connectivity index (χ4v) is 4.49. The number of carbonyl (C=O) groups is 1. The second-order valence-corrected chi connectivity index (χ2v) is 8.63. The largest absolute Gasteiger partial charge is 0.342 e. The number of amides is 1. The molecular weight excluding hydrogens is 384 g/mol. The van der Waals surface area contributed by atoms with E-state index in [-0.39, 0.29) is 11.9 Å². The van der Waals surface area contributed by atoms with Crippen LogP contribution in [0.1, 0.15) is 42.6 Å². The summed E-state index contributed by atoms with van der Waals surface area (Å²) >= 11 is 6.09. The quantitative estimate of drug-likeness (QED) is 0.614. The highest BCUT2D eigenvalue weighted by Crippen LogP contribution is 2.26. The van der Waals surface area contributed by atoms with Crippen LogP contribution in [-0.2, 0) is 4.79 Å². The van der Waals surface area contributed by atoms with Crippen LogP contribution in [0.3, 0.4) is 0 Å². The van der Waals surface area contributed by atoms with Crippen LogP contribution in [0.5, 0.6) is 0 Å². The van der Waals surface area contributed by atoms with E-state index in [4.69, 9.17) is 16.6 Å². The summed E-state index contributed by atoms with van der Waals surface area (Å²) in [5.41, 5.74) is 5.09. The lowest BCUT2D eigenvalue weighted by atomic mass is 9.95. The normalized spacial score (nSPS) is 20.6. The number of rotatable bonds is 4. The van der Waals surface area contributed by atoms with Gasteiger partial charge in [-0.15, -0.1) is 0 Å². The second-order valence-electron chi connectivity index (χ2n) is 8.19. The number of hydrogen-bond acceptors (Lipinski definition) is 2. The molecule has 1 amide bonds. The maximum atomic E-state index is 12.9. The van der Waals surface area contributed by atoms with E-state index in [2.05, 4.69) is 10.3 Å². The molecule has 29 heavy (non-hydrogen) atoms. The molecule has 5 nitrogen and oxygen atoms in total. The van der Waals surface area contributed by atoms with Gasteiger partial charge in [0.2, 0.25) is 0 Å². The number of quaternary nitrogens is 1. The van der Waals surface area contributed by atoms with Gasteiger partial charge < -0.3 is 15.2 Å². The van der Waals surface area contributed by atoms with Crippen LogP contribution < -0.4 is 10.2 Å². The molecule has 1 atom stereocenters. The lowest BCUT2D eigenvalue weighted by Crippen LogP contribution is -3.17. The number of halogens is 1. The third kappa shape index (κ3) is 4.16. The lowest BCUT2D eigenvalue weighted by Gasteiger charge is -2.32. The van der Waals surface area contributed by atoms with Crippen molar-refractivity contribution >= 4 is 34.2 Å². The number of para-hydroxylation sites is 1. The van der Waals surface area contributed by atoms with Crippen molar-refractivity contribution in [1.82, 2.24) is 9.97 Å². The van der Waals surface area contributed by atoms with Gasteiger partial charge in [0.15, 0.2) is 6.04 Å². The van der Waals surface area contributed by atoms with Crippen molar-refractivity contribution in [2.24, 2.45) is 0 Å². The van der Waals surface area contributed by atoms with Crippen molar-refractivity contribution in [3.8, 4) is 0 Å². The minimum absolute atomic E-state index is 0.0792. The smallest absolute Gasteiger partial charge is 0.282 e. The van der Waals surface area contributed by atoms with E-state index < -0.39 is 0 Å². The SMILES string of the molecule is Cc1cccc(C)c1NC(=O)[C@@H](C)[NH+]1CCC(c2nc3ccc(Cl)cc3[nH]2)CC1. The summed E-state index contributed by atoms with van der Waals surface area (Å²) in [5.74, 6) is 1.53. The second kappa shape index (κ2) is 8.17. The van der Waals surface area contributed by atoms with E-state index in [0.717, 1.165) is 64.6 Å². The summed E-state index contributed by atoms with van der Waals surface area (Å²) in [6.07, 6.45) is 2.04. The van der Waals surface area contributed by atoms with Gasteiger partial charge in [0.1, 0.15) is 5.82 Å². The molecule has 1 aliphatic heterocycles. The zero-order chi connectivity index (χ0) is 20.5. The highest BCUT2D eigenvalue weighted by molar-refractivity contribution is 6.31. The highest BCUT2D eigenvalue weighted by Gasteiger charge is 2.32. The monoisotopic (exact) mass is 411 g/mol. The molecule has 6 heteroatoms. The molecule has 1 aromatic heterocycles. The summed E-state index contributed by atoms with van der Waals surface area (Å²) in [7, 11) is 0. The molecule has 1 fully saturated rings. The molecular formula is C23H28ClN4O+. The predicted molar refractivity (Wildman–Crippen MR) is 118 cm³/mol. The number of nitrogens with zero attached hydrogens (tertiary/aromatic N) is 1. The number of benzene rings is 2. The van der Waals surface area contributed by atoms with Crippen molar-refractivity contribution in [2.75, 3.05) is 18.4 Å². The molecule has 0 radical (unpaired) electrons. The fraction of sp³-hybridized carbons (Fsp3) is 0.391. The lowest BCUT2D eigenvalue weighted by molar-refractivity contribution is -0.919. The molecule has 0 bridgehead atoms. The van der Waals surface area contributed by atoms with Crippen molar-refractivity contribution < 1.29 is 9.69 Å². The number of aryl methyl sites for hydroxylation is 2. The van der Waals surface area contributed by atoms with Gasteiger partial charge in [-0.25, -0.2) is 4.98 Å². The highest BCUT2D eigenvalue weighted by atomic mass is 35.5. The van der Waals surface area contributed by atoms with Crippen LogP contribution in [0, 0.1) is 13.8 Å². The Morgan fingerprint density at radius 2 is 1.90 bits per heavy atom. The van der Waals surface area contributed by atoms with Gasteiger partial charge in [-0.1, -0.05) is 29.8 Å². The van der Waals surface area contributed by atoms with E-state index in [0.29, 0.717) is 5.92 Å².